The molecule has 0 aliphatic carbocycles. The van der Waals surface area contributed by atoms with Gasteiger partial charge in [-0.1, -0.05) is 11.6 Å². The number of benzene rings is 1. The summed E-state index contributed by atoms with van der Waals surface area (Å²) in [6.45, 7) is 0.112. The Hall–Kier alpha value is -1.75. The van der Waals surface area contributed by atoms with Crippen LogP contribution in [-0.2, 0) is 6.54 Å². The summed E-state index contributed by atoms with van der Waals surface area (Å²) in [4.78, 5) is 3.79. The van der Waals surface area contributed by atoms with Gasteiger partial charge in [-0.2, -0.15) is 0 Å². The molecule has 1 N–H and O–H groups in total. The largest absolute Gasteiger partial charge is 0.376 e. The fourth-order valence-corrected chi connectivity index (χ4v) is 1.63. The third-order valence-electron chi connectivity index (χ3n) is 2.32. The minimum atomic E-state index is -0.988. The molecular formula is C12H8ClF3N2. The molecule has 1 aromatic carbocycles. The van der Waals surface area contributed by atoms with Crippen LogP contribution in [-0.4, -0.2) is 4.98 Å². The van der Waals surface area contributed by atoms with Crippen LogP contribution in [0.5, 0.6) is 0 Å². The summed E-state index contributed by atoms with van der Waals surface area (Å²) in [7, 11) is 0. The summed E-state index contributed by atoms with van der Waals surface area (Å²) in [6.07, 6.45) is 2.94. The Morgan fingerprint density at radius 1 is 1.17 bits per heavy atom. The molecule has 0 saturated carbocycles. The number of aromatic nitrogens is 1. The van der Waals surface area contributed by atoms with E-state index < -0.39 is 17.5 Å². The predicted octanol–water partition coefficient (Wildman–Crippen LogP) is 3.76. The molecule has 0 saturated heterocycles. The molecule has 0 atom stereocenters. The molecule has 2 nitrogen and oxygen atoms in total. The van der Waals surface area contributed by atoms with Crippen LogP contribution in [0.4, 0.5) is 18.9 Å². The van der Waals surface area contributed by atoms with Gasteiger partial charge in [-0.25, -0.2) is 13.2 Å². The summed E-state index contributed by atoms with van der Waals surface area (Å²) in [6, 6.07) is 2.84. The van der Waals surface area contributed by atoms with E-state index in [4.69, 9.17) is 11.6 Å². The minimum absolute atomic E-state index is 0.112. The number of nitrogens with zero attached hydrogens (tertiary/aromatic N) is 1. The topological polar surface area (TPSA) is 24.9 Å². The number of halogens is 4. The van der Waals surface area contributed by atoms with Crippen molar-refractivity contribution in [2.45, 2.75) is 6.54 Å². The molecule has 18 heavy (non-hydrogen) atoms. The van der Waals surface area contributed by atoms with E-state index in [1.807, 2.05) is 0 Å². The number of hydrogen-bond donors (Lipinski definition) is 1. The highest BCUT2D eigenvalue weighted by Gasteiger charge is 2.11. The van der Waals surface area contributed by atoms with E-state index in [0.29, 0.717) is 22.7 Å². The standard InChI is InChI=1S/C12H8ClF3N2/c13-9-6-17-2-1-7(9)5-18-12-10(15)3-8(14)4-11(12)16/h1-4,6,18H,5H2. The summed E-state index contributed by atoms with van der Waals surface area (Å²) >= 11 is 5.85. The first-order chi connectivity index (χ1) is 8.58. The molecule has 0 aliphatic heterocycles. The summed E-state index contributed by atoms with van der Waals surface area (Å²) in [5.41, 5.74) is 0.249. The van der Waals surface area contributed by atoms with Crippen molar-refractivity contribution < 1.29 is 13.2 Å². The predicted molar refractivity (Wildman–Crippen MR) is 62.9 cm³/mol. The Morgan fingerprint density at radius 2 is 1.83 bits per heavy atom. The molecule has 0 spiro atoms. The van der Waals surface area contributed by atoms with Gasteiger partial charge in [0.1, 0.15) is 11.5 Å². The SMILES string of the molecule is Fc1cc(F)c(NCc2ccncc2Cl)c(F)c1. The molecule has 6 heteroatoms. The van der Waals surface area contributed by atoms with Crippen LogP contribution in [0.25, 0.3) is 0 Å². The van der Waals surface area contributed by atoms with Crippen LogP contribution >= 0.6 is 11.6 Å². The molecule has 1 heterocycles. The molecular weight excluding hydrogens is 265 g/mol. The average Bonchev–Trinajstić information content (AvgIpc) is 2.30. The fourth-order valence-electron chi connectivity index (χ4n) is 1.44. The van der Waals surface area contributed by atoms with E-state index in [2.05, 4.69) is 10.3 Å². The molecule has 0 unspecified atom stereocenters. The third-order valence-corrected chi connectivity index (χ3v) is 2.66. The first-order valence-electron chi connectivity index (χ1n) is 5.04. The molecule has 2 aromatic rings. The lowest BCUT2D eigenvalue weighted by Crippen LogP contribution is -2.05. The van der Waals surface area contributed by atoms with Crippen molar-refractivity contribution in [2.24, 2.45) is 0 Å². The molecule has 2 rings (SSSR count). The van der Waals surface area contributed by atoms with Gasteiger partial charge in [-0.3, -0.25) is 4.98 Å². The van der Waals surface area contributed by atoms with E-state index in [9.17, 15) is 13.2 Å². The highest BCUT2D eigenvalue weighted by Crippen LogP contribution is 2.22. The van der Waals surface area contributed by atoms with Crippen molar-refractivity contribution in [3.63, 3.8) is 0 Å². The minimum Gasteiger partial charge on any atom is -0.376 e. The maximum Gasteiger partial charge on any atom is 0.152 e. The highest BCUT2D eigenvalue weighted by molar-refractivity contribution is 6.31. The van der Waals surface area contributed by atoms with Crippen LogP contribution in [0.1, 0.15) is 5.56 Å². The quantitative estimate of drug-likeness (QED) is 0.920. The van der Waals surface area contributed by atoms with Crippen LogP contribution in [0, 0.1) is 17.5 Å². The Bertz CT molecular complexity index is 552. The maximum absolute atomic E-state index is 13.3. The van der Waals surface area contributed by atoms with Gasteiger partial charge in [-0.05, 0) is 11.6 Å². The van der Waals surface area contributed by atoms with Crippen LogP contribution in [0.2, 0.25) is 5.02 Å². The van der Waals surface area contributed by atoms with E-state index in [-0.39, 0.29) is 12.2 Å². The lowest BCUT2D eigenvalue weighted by atomic mass is 10.2. The zero-order valence-electron chi connectivity index (χ0n) is 9.05. The first kappa shape index (κ1) is 12.7. The molecule has 0 radical (unpaired) electrons. The number of anilines is 1. The Morgan fingerprint density at radius 3 is 2.44 bits per heavy atom. The molecule has 94 valence electrons. The molecule has 0 amide bonds. The van der Waals surface area contributed by atoms with E-state index in [1.54, 1.807) is 6.07 Å². The van der Waals surface area contributed by atoms with Gasteiger partial charge < -0.3 is 5.32 Å². The van der Waals surface area contributed by atoms with Crippen molar-refractivity contribution in [2.75, 3.05) is 5.32 Å². The van der Waals surface area contributed by atoms with E-state index in [1.165, 1.54) is 12.4 Å². The maximum atomic E-state index is 13.3. The lowest BCUT2D eigenvalue weighted by molar-refractivity contribution is 0.547. The van der Waals surface area contributed by atoms with E-state index >= 15 is 0 Å². The third kappa shape index (κ3) is 2.73. The van der Waals surface area contributed by atoms with Crippen LogP contribution in [0.3, 0.4) is 0 Å². The number of pyridine rings is 1. The van der Waals surface area contributed by atoms with Gasteiger partial charge >= 0.3 is 0 Å². The Labute approximate surface area is 106 Å². The van der Waals surface area contributed by atoms with Gasteiger partial charge in [0.05, 0.1) is 5.02 Å². The Balaban J connectivity index is 2.19. The lowest BCUT2D eigenvalue weighted by Gasteiger charge is -2.09. The van der Waals surface area contributed by atoms with Crippen molar-refractivity contribution >= 4 is 17.3 Å². The zero-order valence-corrected chi connectivity index (χ0v) is 9.81. The highest BCUT2D eigenvalue weighted by atomic mass is 35.5. The molecule has 0 bridgehead atoms. The van der Waals surface area contributed by atoms with Gasteiger partial charge in [-0.15, -0.1) is 0 Å². The van der Waals surface area contributed by atoms with Crippen molar-refractivity contribution in [1.82, 2.24) is 4.98 Å². The van der Waals surface area contributed by atoms with Crippen LogP contribution in [0.15, 0.2) is 30.6 Å². The second kappa shape index (κ2) is 5.27. The first-order valence-corrected chi connectivity index (χ1v) is 5.42. The average molecular weight is 273 g/mol. The second-order valence-electron chi connectivity index (χ2n) is 3.57. The van der Waals surface area contributed by atoms with Crippen molar-refractivity contribution in [3.8, 4) is 0 Å². The number of rotatable bonds is 3. The van der Waals surface area contributed by atoms with Gasteiger partial charge in [0.2, 0.25) is 0 Å². The second-order valence-corrected chi connectivity index (χ2v) is 3.97. The summed E-state index contributed by atoms with van der Waals surface area (Å²) in [5.74, 6) is -2.94. The monoisotopic (exact) mass is 272 g/mol. The van der Waals surface area contributed by atoms with Gasteiger partial charge in [0, 0.05) is 31.1 Å². The van der Waals surface area contributed by atoms with Gasteiger partial charge in [0.15, 0.2) is 11.6 Å². The fraction of sp³-hybridized carbons (Fsp3) is 0.0833. The normalized spacial score (nSPS) is 10.4. The Kier molecular flexibility index (Phi) is 3.72. The zero-order chi connectivity index (χ0) is 13.1. The van der Waals surface area contributed by atoms with Gasteiger partial charge in [0.25, 0.3) is 0 Å². The van der Waals surface area contributed by atoms with Crippen LogP contribution < -0.4 is 5.32 Å². The van der Waals surface area contributed by atoms with Crippen molar-refractivity contribution in [1.29, 1.82) is 0 Å². The summed E-state index contributed by atoms with van der Waals surface area (Å²) < 4.78 is 39.4. The molecule has 0 fully saturated rings. The van der Waals surface area contributed by atoms with Crippen molar-refractivity contribution in [3.05, 3.63) is 58.6 Å². The number of nitrogens with one attached hydrogen (secondary N) is 1. The summed E-state index contributed by atoms with van der Waals surface area (Å²) in [5, 5.41) is 2.92. The number of hydrogen-bond acceptors (Lipinski definition) is 2. The molecule has 0 aliphatic rings. The van der Waals surface area contributed by atoms with E-state index in [0.717, 1.165) is 0 Å². The smallest absolute Gasteiger partial charge is 0.152 e. The molecule has 1 aromatic heterocycles.